The molecule has 2 heterocycles. The van der Waals surface area contributed by atoms with Crippen molar-refractivity contribution in [3.8, 4) is 0 Å². The van der Waals surface area contributed by atoms with Crippen LogP contribution in [-0.4, -0.2) is 58.1 Å². The van der Waals surface area contributed by atoms with Crippen molar-refractivity contribution >= 4 is 22.5 Å². The number of ether oxygens (including phenoxy) is 1. The molecule has 1 saturated heterocycles. The molecule has 0 saturated carbocycles. The molecule has 0 bridgehead atoms. The van der Waals surface area contributed by atoms with E-state index in [-0.39, 0.29) is 30.3 Å². The van der Waals surface area contributed by atoms with Gasteiger partial charge in [0, 0.05) is 12.0 Å². The summed E-state index contributed by atoms with van der Waals surface area (Å²) in [4.78, 5) is 14.2. The third kappa shape index (κ3) is 4.03. The first kappa shape index (κ1) is 18.8. The normalized spacial score (nSPS) is 20.8. The summed E-state index contributed by atoms with van der Waals surface area (Å²) in [5.41, 5.74) is 0.846. The van der Waals surface area contributed by atoms with Crippen molar-refractivity contribution in [2.24, 2.45) is 0 Å². The third-order valence-corrected chi connectivity index (χ3v) is 5.65. The number of hydrogen-bond donors (Lipinski definition) is 2. The molecule has 1 aromatic carbocycles. The van der Waals surface area contributed by atoms with E-state index < -0.39 is 0 Å². The molecule has 3 rings (SSSR count). The predicted molar refractivity (Wildman–Crippen MR) is 100 cm³/mol. The lowest BCUT2D eigenvalue weighted by molar-refractivity contribution is -0.0822. The Morgan fingerprint density at radius 3 is 2.77 bits per heavy atom. The maximum atomic E-state index is 12.5. The number of rotatable bonds is 4. The summed E-state index contributed by atoms with van der Waals surface area (Å²) in [5, 5.41) is 21.8. The van der Waals surface area contributed by atoms with Crippen LogP contribution in [0.2, 0.25) is 0 Å². The lowest BCUT2D eigenvalue weighted by Gasteiger charge is -2.35. The summed E-state index contributed by atoms with van der Waals surface area (Å²) >= 11 is 1.37. The van der Waals surface area contributed by atoms with Gasteiger partial charge in [0.05, 0.1) is 25.4 Å². The van der Waals surface area contributed by atoms with E-state index in [4.69, 9.17) is 4.74 Å². The quantitative estimate of drug-likeness (QED) is 0.856. The Hall–Kier alpha value is -2.03. The van der Waals surface area contributed by atoms with Crippen molar-refractivity contribution in [3.05, 3.63) is 40.9 Å². The molecular weight excluding hydrogens is 352 g/mol. The number of urea groups is 1. The van der Waals surface area contributed by atoms with E-state index in [9.17, 15) is 9.90 Å². The summed E-state index contributed by atoms with van der Waals surface area (Å²) in [6, 6.07) is 9.84. The molecule has 1 fully saturated rings. The first-order chi connectivity index (χ1) is 12.4. The van der Waals surface area contributed by atoms with E-state index in [1.165, 1.54) is 11.3 Å². The van der Waals surface area contributed by atoms with Crippen LogP contribution in [0.5, 0.6) is 0 Å². The van der Waals surface area contributed by atoms with Crippen LogP contribution < -0.4 is 5.32 Å². The Morgan fingerprint density at radius 1 is 1.35 bits per heavy atom. The number of amides is 2. The van der Waals surface area contributed by atoms with Gasteiger partial charge in [0.15, 0.2) is 0 Å². The minimum absolute atomic E-state index is 0.109. The summed E-state index contributed by atoms with van der Waals surface area (Å²) in [6.45, 7) is 6.78. The maximum absolute atomic E-state index is 12.5. The smallest absolute Gasteiger partial charge is 0.323 e. The van der Waals surface area contributed by atoms with Crippen molar-refractivity contribution in [1.82, 2.24) is 15.1 Å². The number of nitrogens with zero attached hydrogens (tertiary/aromatic N) is 3. The fourth-order valence-electron chi connectivity index (χ4n) is 2.99. The molecule has 2 amide bonds. The van der Waals surface area contributed by atoms with Crippen LogP contribution >= 0.6 is 11.3 Å². The van der Waals surface area contributed by atoms with Gasteiger partial charge in [-0.3, -0.25) is 5.32 Å². The minimum atomic E-state index is -0.355. The fraction of sp³-hybridized carbons (Fsp3) is 0.500. The largest absolute Gasteiger partial charge is 0.394 e. The van der Waals surface area contributed by atoms with E-state index >= 15 is 0 Å². The second-order valence-corrected chi connectivity index (χ2v) is 7.97. The van der Waals surface area contributed by atoms with Gasteiger partial charge in [0.25, 0.3) is 0 Å². The molecule has 26 heavy (non-hydrogen) atoms. The van der Waals surface area contributed by atoms with Crippen LogP contribution in [0.25, 0.3) is 0 Å². The molecule has 140 valence electrons. The number of aliphatic hydroxyl groups is 1. The van der Waals surface area contributed by atoms with E-state index in [1.54, 1.807) is 4.90 Å². The third-order valence-electron chi connectivity index (χ3n) is 4.49. The van der Waals surface area contributed by atoms with Crippen molar-refractivity contribution in [2.45, 2.75) is 38.4 Å². The molecule has 2 unspecified atom stereocenters. The standard InChI is InChI=1S/C18H24N4O3S/c1-12-9-22(10-14(11-23)25-12)17(24)19-16-21-20-15(26-16)18(2,3)13-7-5-4-6-8-13/h4-8,12,14,23H,9-11H2,1-3H3,(H,19,21,24). The van der Waals surface area contributed by atoms with Crippen molar-refractivity contribution in [2.75, 3.05) is 25.0 Å². The zero-order valence-electron chi connectivity index (χ0n) is 15.2. The lowest BCUT2D eigenvalue weighted by Crippen LogP contribution is -2.51. The molecule has 1 aliphatic heterocycles. The van der Waals surface area contributed by atoms with Gasteiger partial charge in [0.1, 0.15) is 5.01 Å². The number of aliphatic hydroxyl groups excluding tert-OH is 1. The summed E-state index contributed by atoms with van der Waals surface area (Å²) in [6.07, 6.45) is -0.472. The molecule has 0 spiro atoms. The number of benzene rings is 1. The summed E-state index contributed by atoms with van der Waals surface area (Å²) in [5.74, 6) is 0. The number of morpholine rings is 1. The molecule has 8 heteroatoms. The first-order valence-corrected chi connectivity index (χ1v) is 9.43. The highest BCUT2D eigenvalue weighted by atomic mass is 32.1. The Morgan fingerprint density at radius 2 is 2.08 bits per heavy atom. The van der Waals surface area contributed by atoms with Crippen LogP contribution in [0.15, 0.2) is 30.3 Å². The summed E-state index contributed by atoms with van der Waals surface area (Å²) in [7, 11) is 0. The lowest BCUT2D eigenvalue weighted by atomic mass is 9.85. The monoisotopic (exact) mass is 376 g/mol. The Kier molecular flexibility index (Phi) is 5.55. The van der Waals surface area contributed by atoms with E-state index in [0.717, 1.165) is 10.6 Å². The fourth-order valence-corrected chi connectivity index (χ4v) is 3.84. The molecule has 2 aromatic rings. The van der Waals surface area contributed by atoms with Crippen molar-refractivity contribution in [1.29, 1.82) is 0 Å². The Bertz CT molecular complexity index is 750. The molecule has 7 nitrogen and oxygen atoms in total. The Balaban J connectivity index is 1.69. The van der Waals surface area contributed by atoms with E-state index in [1.807, 2.05) is 25.1 Å². The molecular formula is C18H24N4O3S. The minimum Gasteiger partial charge on any atom is -0.394 e. The number of nitrogens with one attached hydrogen (secondary N) is 1. The molecule has 1 aromatic heterocycles. The maximum Gasteiger partial charge on any atom is 0.323 e. The average Bonchev–Trinajstić information content (AvgIpc) is 3.11. The molecule has 0 aliphatic carbocycles. The SMILES string of the molecule is CC1CN(C(=O)Nc2nnc(C(C)(C)c3ccccc3)s2)CC(CO)O1. The van der Waals surface area contributed by atoms with E-state index in [0.29, 0.717) is 18.2 Å². The second-order valence-electron chi connectivity index (χ2n) is 6.99. The van der Waals surface area contributed by atoms with Crippen LogP contribution in [0.3, 0.4) is 0 Å². The molecule has 2 atom stereocenters. The van der Waals surface area contributed by atoms with E-state index in [2.05, 4.69) is 41.5 Å². The molecule has 2 N–H and O–H groups in total. The number of anilines is 1. The van der Waals surface area contributed by atoms with Gasteiger partial charge < -0.3 is 14.7 Å². The van der Waals surface area contributed by atoms with Crippen molar-refractivity contribution in [3.63, 3.8) is 0 Å². The average molecular weight is 376 g/mol. The highest BCUT2D eigenvalue weighted by molar-refractivity contribution is 7.15. The number of aromatic nitrogens is 2. The second kappa shape index (κ2) is 7.69. The predicted octanol–water partition coefficient (Wildman–Crippen LogP) is 2.48. The first-order valence-electron chi connectivity index (χ1n) is 8.62. The van der Waals surface area contributed by atoms with Gasteiger partial charge in [-0.05, 0) is 26.3 Å². The zero-order chi connectivity index (χ0) is 18.7. The van der Waals surface area contributed by atoms with Crippen LogP contribution in [0.4, 0.5) is 9.93 Å². The summed E-state index contributed by atoms with van der Waals surface area (Å²) < 4.78 is 5.57. The number of carbonyl (C=O) groups is 1. The van der Waals surface area contributed by atoms with Crippen molar-refractivity contribution < 1.29 is 14.6 Å². The van der Waals surface area contributed by atoms with Gasteiger partial charge in [-0.25, -0.2) is 4.79 Å². The number of carbonyl (C=O) groups excluding carboxylic acids is 1. The number of hydrogen-bond acceptors (Lipinski definition) is 6. The molecule has 0 radical (unpaired) electrons. The van der Waals surface area contributed by atoms with Gasteiger partial charge >= 0.3 is 6.03 Å². The zero-order valence-corrected chi connectivity index (χ0v) is 16.0. The highest BCUT2D eigenvalue weighted by Crippen LogP contribution is 2.34. The van der Waals surface area contributed by atoms with Gasteiger partial charge in [-0.1, -0.05) is 41.7 Å². The van der Waals surface area contributed by atoms with Crippen LogP contribution in [0, 0.1) is 0 Å². The van der Waals surface area contributed by atoms with Crippen LogP contribution in [0.1, 0.15) is 31.3 Å². The highest BCUT2D eigenvalue weighted by Gasteiger charge is 2.30. The van der Waals surface area contributed by atoms with Crippen LogP contribution in [-0.2, 0) is 10.2 Å². The van der Waals surface area contributed by atoms with Gasteiger partial charge in [-0.15, -0.1) is 10.2 Å². The topological polar surface area (TPSA) is 87.6 Å². The van der Waals surface area contributed by atoms with Gasteiger partial charge in [0.2, 0.25) is 5.13 Å². The van der Waals surface area contributed by atoms with Gasteiger partial charge in [-0.2, -0.15) is 0 Å². The Labute approximate surface area is 157 Å². The molecule has 1 aliphatic rings.